The van der Waals surface area contributed by atoms with Crippen LogP contribution in [0.25, 0.3) is 0 Å². The average Bonchev–Trinajstić information content (AvgIpc) is 3.24. The minimum Gasteiger partial charge on any atom is -0.496 e. The minimum atomic E-state index is 0.303. The zero-order chi connectivity index (χ0) is 14.2. The summed E-state index contributed by atoms with van der Waals surface area (Å²) in [6.45, 7) is 6.68. The summed E-state index contributed by atoms with van der Waals surface area (Å²) in [5.74, 6) is 1.86. The standard InChI is InChI=1S/C16H23BrN2O/c1-16(13-3-4-13)11-19(8-7-18-16)10-12-9-14(17)5-6-15(12)20-2/h5-6,9,13,18H,3-4,7-8,10-11H2,1-2H3. The van der Waals surface area contributed by atoms with E-state index < -0.39 is 0 Å². The van der Waals surface area contributed by atoms with Crippen molar-refractivity contribution < 1.29 is 4.74 Å². The molecule has 1 saturated carbocycles. The monoisotopic (exact) mass is 338 g/mol. The quantitative estimate of drug-likeness (QED) is 0.913. The lowest BCUT2D eigenvalue weighted by atomic mass is 9.92. The highest BCUT2D eigenvalue weighted by molar-refractivity contribution is 9.10. The van der Waals surface area contributed by atoms with Crippen LogP contribution in [0.15, 0.2) is 22.7 Å². The fourth-order valence-corrected chi connectivity index (χ4v) is 3.75. The Morgan fingerprint density at radius 2 is 2.25 bits per heavy atom. The van der Waals surface area contributed by atoms with E-state index in [0.29, 0.717) is 5.54 Å². The third-order valence-electron chi connectivity index (χ3n) is 4.62. The van der Waals surface area contributed by atoms with Crippen LogP contribution in [0.3, 0.4) is 0 Å². The molecule has 1 unspecified atom stereocenters. The first-order chi connectivity index (χ1) is 9.60. The Balaban J connectivity index is 1.72. The number of hydrogen-bond donors (Lipinski definition) is 1. The molecule has 20 heavy (non-hydrogen) atoms. The molecular weight excluding hydrogens is 316 g/mol. The highest BCUT2D eigenvalue weighted by Crippen LogP contribution is 2.41. The van der Waals surface area contributed by atoms with Gasteiger partial charge in [0.1, 0.15) is 5.75 Å². The molecule has 0 aromatic heterocycles. The molecule has 0 bridgehead atoms. The molecule has 2 fully saturated rings. The maximum atomic E-state index is 5.49. The smallest absolute Gasteiger partial charge is 0.123 e. The molecule has 2 aliphatic rings. The van der Waals surface area contributed by atoms with Crippen LogP contribution in [0, 0.1) is 5.92 Å². The molecule has 1 N–H and O–H groups in total. The van der Waals surface area contributed by atoms with Crippen LogP contribution in [-0.4, -0.2) is 37.2 Å². The number of nitrogens with zero attached hydrogens (tertiary/aromatic N) is 1. The Morgan fingerprint density at radius 3 is 2.95 bits per heavy atom. The highest BCUT2D eigenvalue weighted by Gasteiger charge is 2.43. The number of hydrogen-bond acceptors (Lipinski definition) is 3. The van der Waals surface area contributed by atoms with Crippen LogP contribution in [-0.2, 0) is 6.54 Å². The number of ether oxygens (including phenoxy) is 1. The van der Waals surface area contributed by atoms with Gasteiger partial charge in [-0.1, -0.05) is 15.9 Å². The highest BCUT2D eigenvalue weighted by atomic mass is 79.9. The summed E-state index contributed by atoms with van der Waals surface area (Å²) >= 11 is 3.56. The van der Waals surface area contributed by atoms with Crippen molar-refractivity contribution >= 4 is 15.9 Å². The van der Waals surface area contributed by atoms with Crippen molar-refractivity contribution in [2.45, 2.75) is 31.8 Å². The lowest BCUT2D eigenvalue weighted by Gasteiger charge is -2.42. The fourth-order valence-electron chi connectivity index (χ4n) is 3.34. The summed E-state index contributed by atoms with van der Waals surface area (Å²) in [7, 11) is 1.75. The lowest BCUT2D eigenvalue weighted by molar-refractivity contribution is 0.120. The van der Waals surface area contributed by atoms with E-state index in [-0.39, 0.29) is 0 Å². The largest absolute Gasteiger partial charge is 0.496 e. The van der Waals surface area contributed by atoms with Crippen molar-refractivity contribution in [1.82, 2.24) is 10.2 Å². The van der Waals surface area contributed by atoms with E-state index >= 15 is 0 Å². The van der Waals surface area contributed by atoms with Gasteiger partial charge in [-0.3, -0.25) is 4.90 Å². The van der Waals surface area contributed by atoms with Gasteiger partial charge in [0.25, 0.3) is 0 Å². The zero-order valence-corrected chi connectivity index (χ0v) is 13.9. The summed E-state index contributed by atoms with van der Waals surface area (Å²) in [5, 5.41) is 3.73. The van der Waals surface area contributed by atoms with Crippen molar-refractivity contribution in [3.63, 3.8) is 0 Å². The molecule has 3 nitrogen and oxygen atoms in total. The van der Waals surface area contributed by atoms with Crippen LogP contribution < -0.4 is 10.1 Å². The first-order valence-corrected chi connectivity index (χ1v) is 8.20. The Labute approximate surface area is 129 Å². The van der Waals surface area contributed by atoms with Crippen molar-refractivity contribution in [2.24, 2.45) is 5.92 Å². The van der Waals surface area contributed by atoms with Gasteiger partial charge in [-0.05, 0) is 43.9 Å². The van der Waals surface area contributed by atoms with Crippen molar-refractivity contribution in [2.75, 3.05) is 26.7 Å². The molecule has 0 radical (unpaired) electrons. The molecule has 3 rings (SSSR count). The molecule has 1 heterocycles. The summed E-state index contributed by atoms with van der Waals surface area (Å²) in [6.07, 6.45) is 2.77. The maximum absolute atomic E-state index is 5.49. The Kier molecular flexibility index (Phi) is 4.07. The zero-order valence-electron chi connectivity index (χ0n) is 12.3. The molecule has 1 aliphatic heterocycles. The minimum absolute atomic E-state index is 0.303. The van der Waals surface area contributed by atoms with Gasteiger partial charge in [0.05, 0.1) is 7.11 Å². The molecule has 110 valence electrons. The SMILES string of the molecule is COc1ccc(Br)cc1CN1CCNC(C)(C2CC2)C1. The second-order valence-corrected chi connectivity index (χ2v) is 7.20. The van der Waals surface area contributed by atoms with Crippen LogP contribution >= 0.6 is 15.9 Å². The van der Waals surface area contributed by atoms with Gasteiger partial charge >= 0.3 is 0 Å². The van der Waals surface area contributed by atoms with E-state index in [1.165, 1.54) is 18.4 Å². The first kappa shape index (κ1) is 14.4. The molecule has 1 aromatic rings. The number of halogens is 1. The van der Waals surface area contributed by atoms with Crippen LogP contribution in [0.1, 0.15) is 25.3 Å². The Bertz CT molecular complexity index is 489. The van der Waals surface area contributed by atoms with Gasteiger partial charge in [0.15, 0.2) is 0 Å². The van der Waals surface area contributed by atoms with E-state index in [9.17, 15) is 0 Å². The number of piperazine rings is 1. The predicted molar refractivity (Wildman–Crippen MR) is 85.1 cm³/mol. The normalized spacial score (nSPS) is 27.6. The average molecular weight is 339 g/mol. The van der Waals surface area contributed by atoms with E-state index in [2.05, 4.69) is 39.1 Å². The maximum Gasteiger partial charge on any atom is 0.123 e. The van der Waals surface area contributed by atoms with Crippen molar-refractivity contribution in [1.29, 1.82) is 0 Å². The lowest BCUT2D eigenvalue weighted by Crippen LogP contribution is -2.59. The molecule has 1 saturated heterocycles. The van der Waals surface area contributed by atoms with Crippen LogP contribution in [0.5, 0.6) is 5.75 Å². The van der Waals surface area contributed by atoms with E-state index in [1.54, 1.807) is 7.11 Å². The second-order valence-electron chi connectivity index (χ2n) is 6.29. The summed E-state index contributed by atoms with van der Waals surface area (Å²) in [6, 6.07) is 6.26. The van der Waals surface area contributed by atoms with Crippen LogP contribution in [0.4, 0.5) is 0 Å². The third-order valence-corrected chi connectivity index (χ3v) is 5.12. The van der Waals surface area contributed by atoms with E-state index in [0.717, 1.165) is 42.3 Å². The first-order valence-electron chi connectivity index (χ1n) is 7.40. The van der Waals surface area contributed by atoms with Gasteiger partial charge < -0.3 is 10.1 Å². The second kappa shape index (κ2) is 5.66. The molecule has 1 aromatic carbocycles. The van der Waals surface area contributed by atoms with Gasteiger partial charge in [-0.25, -0.2) is 0 Å². The molecule has 4 heteroatoms. The molecular formula is C16H23BrN2O. The van der Waals surface area contributed by atoms with Crippen LogP contribution in [0.2, 0.25) is 0 Å². The molecule has 0 amide bonds. The van der Waals surface area contributed by atoms with E-state index in [1.807, 2.05) is 12.1 Å². The number of methoxy groups -OCH3 is 1. The number of nitrogens with one attached hydrogen (secondary N) is 1. The predicted octanol–water partition coefficient (Wildman–Crippen LogP) is 3.03. The third kappa shape index (κ3) is 3.02. The van der Waals surface area contributed by atoms with Crippen molar-refractivity contribution in [3.05, 3.63) is 28.2 Å². The molecule has 1 aliphatic carbocycles. The van der Waals surface area contributed by atoms with Crippen molar-refractivity contribution in [3.8, 4) is 5.75 Å². The molecule has 0 spiro atoms. The Morgan fingerprint density at radius 1 is 1.45 bits per heavy atom. The fraction of sp³-hybridized carbons (Fsp3) is 0.625. The summed E-state index contributed by atoms with van der Waals surface area (Å²) in [5.41, 5.74) is 1.57. The summed E-state index contributed by atoms with van der Waals surface area (Å²) in [4.78, 5) is 2.55. The number of rotatable bonds is 4. The van der Waals surface area contributed by atoms with Gasteiger partial charge in [0.2, 0.25) is 0 Å². The van der Waals surface area contributed by atoms with Gasteiger partial charge in [0, 0.05) is 41.8 Å². The van der Waals surface area contributed by atoms with E-state index in [4.69, 9.17) is 4.74 Å². The summed E-state index contributed by atoms with van der Waals surface area (Å²) < 4.78 is 6.61. The van der Waals surface area contributed by atoms with Gasteiger partial charge in [-0.15, -0.1) is 0 Å². The van der Waals surface area contributed by atoms with Gasteiger partial charge in [-0.2, -0.15) is 0 Å². The number of benzene rings is 1. The molecule has 1 atom stereocenters. The Hall–Kier alpha value is -0.580. The topological polar surface area (TPSA) is 24.5 Å².